The second-order valence-corrected chi connectivity index (χ2v) is 13.6. The highest BCUT2D eigenvalue weighted by atomic mass is 32.2. The summed E-state index contributed by atoms with van der Waals surface area (Å²) in [5.41, 5.74) is 2.55. The van der Waals surface area contributed by atoms with Crippen LogP contribution >= 0.6 is 0 Å². The number of aliphatic hydroxyl groups excluding tert-OH is 1. The summed E-state index contributed by atoms with van der Waals surface area (Å²) >= 11 is 0. The number of nitrogens with zero attached hydrogens (tertiary/aromatic N) is 2. The van der Waals surface area contributed by atoms with Crippen molar-refractivity contribution in [2.24, 2.45) is 11.8 Å². The number of aliphatic hydroxyl groups is 1. The van der Waals surface area contributed by atoms with E-state index in [9.17, 15) is 23.1 Å². The van der Waals surface area contributed by atoms with Gasteiger partial charge in [0.1, 0.15) is 18.0 Å². The van der Waals surface area contributed by atoms with Gasteiger partial charge in [0.05, 0.1) is 31.9 Å². The summed E-state index contributed by atoms with van der Waals surface area (Å²) in [5.74, 6) is 0.662. The minimum atomic E-state index is -4.27. The van der Waals surface area contributed by atoms with Crippen LogP contribution in [0, 0.1) is 11.8 Å². The van der Waals surface area contributed by atoms with Crippen LogP contribution < -0.4 is 4.74 Å². The van der Waals surface area contributed by atoms with Gasteiger partial charge in [-0.2, -0.15) is 8.42 Å². The second-order valence-electron chi connectivity index (χ2n) is 12.1. The Kier molecular flexibility index (Phi) is 13.3. The predicted molar refractivity (Wildman–Crippen MR) is 176 cm³/mol. The first kappa shape index (κ1) is 36.0. The van der Waals surface area contributed by atoms with Gasteiger partial charge in [-0.25, -0.2) is 0 Å². The average Bonchev–Trinajstić information content (AvgIpc) is 3.32. The number of methoxy groups -OCH3 is 1. The normalized spacial score (nSPS) is 12.8. The number of benzene rings is 2. The van der Waals surface area contributed by atoms with E-state index in [4.69, 9.17) is 14.0 Å². The lowest BCUT2D eigenvalue weighted by Crippen LogP contribution is -2.36. The van der Waals surface area contributed by atoms with Crippen molar-refractivity contribution in [1.29, 1.82) is 0 Å². The summed E-state index contributed by atoms with van der Waals surface area (Å²) in [7, 11) is -2.69. The molecular formula is C34H46N2O8S. The van der Waals surface area contributed by atoms with E-state index in [1.807, 2.05) is 21.6 Å². The average molecular weight is 643 g/mol. The number of hydrogen-bond acceptors (Lipinski definition) is 7. The zero-order valence-electron chi connectivity index (χ0n) is 26.8. The van der Waals surface area contributed by atoms with Crippen LogP contribution in [0.3, 0.4) is 0 Å². The number of ketones is 1. The van der Waals surface area contributed by atoms with E-state index in [0.717, 1.165) is 29.3 Å². The van der Waals surface area contributed by atoms with Crippen LogP contribution in [0.2, 0.25) is 0 Å². The second kappa shape index (κ2) is 16.7. The Balaban J connectivity index is 1.76. The Morgan fingerprint density at radius 2 is 1.64 bits per heavy atom. The minimum Gasteiger partial charge on any atom is -0.497 e. The zero-order valence-corrected chi connectivity index (χ0v) is 27.6. The third-order valence-electron chi connectivity index (χ3n) is 7.36. The highest BCUT2D eigenvalue weighted by molar-refractivity contribution is 7.85. The molecule has 45 heavy (non-hydrogen) atoms. The van der Waals surface area contributed by atoms with Crippen molar-refractivity contribution in [2.45, 2.75) is 53.2 Å². The number of rotatable bonds is 18. The molecule has 0 aliphatic heterocycles. The first-order chi connectivity index (χ1) is 21.3. The van der Waals surface area contributed by atoms with Crippen molar-refractivity contribution < 1.29 is 37.1 Å². The first-order valence-corrected chi connectivity index (χ1v) is 16.8. The molecule has 11 heteroatoms. The quantitative estimate of drug-likeness (QED) is 0.111. The van der Waals surface area contributed by atoms with Crippen LogP contribution in [0.4, 0.5) is 0 Å². The van der Waals surface area contributed by atoms with Gasteiger partial charge in [-0.3, -0.25) is 14.1 Å². The zero-order chi connectivity index (χ0) is 33.1. The molecule has 1 atom stereocenters. The van der Waals surface area contributed by atoms with Gasteiger partial charge in [0.2, 0.25) is 5.91 Å². The number of hydrogen-bond donors (Lipinski definition) is 2. The van der Waals surface area contributed by atoms with Gasteiger partial charge in [-0.15, -0.1) is 0 Å². The molecule has 1 amide bonds. The summed E-state index contributed by atoms with van der Waals surface area (Å²) in [5, 5.41) is 10.3. The van der Waals surface area contributed by atoms with Gasteiger partial charge < -0.3 is 24.0 Å². The molecule has 0 saturated heterocycles. The molecular weight excluding hydrogens is 596 g/mol. The maximum Gasteiger partial charge on any atom is 0.267 e. The van der Waals surface area contributed by atoms with E-state index in [1.54, 1.807) is 55.8 Å². The summed E-state index contributed by atoms with van der Waals surface area (Å²) in [6, 6.07) is 12.6. The van der Waals surface area contributed by atoms with Gasteiger partial charge in [-0.1, -0.05) is 64.1 Å². The highest BCUT2D eigenvalue weighted by Crippen LogP contribution is 2.28. The van der Waals surface area contributed by atoms with Gasteiger partial charge in [0, 0.05) is 41.9 Å². The van der Waals surface area contributed by atoms with Crippen molar-refractivity contribution in [3.05, 3.63) is 71.4 Å². The summed E-state index contributed by atoms with van der Waals surface area (Å²) in [6.07, 6.45) is 5.75. The molecule has 0 spiro atoms. The standard InChI is InChI=1S/C34H46N2O8S/c1-24(2)14-16-35(17-15-25(3)4)33(38)21-36-20-31(30-13-12-29(43-5)19-32(30)36)34(39)27-10-8-26(9-11-27)7-6-18-44-22-28(37)23-45(40,41)42/h6-13,19-20,24-25,28,37H,14-18,21-23H2,1-5H3,(H,40,41,42)/b7-6+. The van der Waals surface area contributed by atoms with Crippen LogP contribution in [0.1, 0.15) is 62.0 Å². The lowest BCUT2D eigenvalue weighted by Gasteiger charge is -2.25. The fourth-order valence-electron chi connectivity index (χ4n) is 4.79. The van der Waals surface area contributed by atoms with Crippen molar-refractivity contribution >= 4 is 38.8 Å². The number of carbonyl (C=O) groups excluding carboxylic acids is 2. The Labute approximate surface area is 266 Å². The van der Waals surface area contributed by atoms with Crippen LogP contribution in [0.5, 0.6) is 5.75 Å². The number of amides is 1. The lowest BCUT2D eigenvalue weighted by atomic mass is 10.0. The molecule has 3 rings (SSSR count). The third kappa shape index (κ3) is 11.4. The lowest BCUT2D eigenvalue weighted by molar-refractivity contribution is -0.132. The topological polar surface area (TPSA) is 135 Å². The molecule has 2 aromatic carbocycles. The van der Waals surface area contributed by atoms with E-state index in [0.29, 0.717) is 41.8 Å². The molecule has 1 unspecified atom stereocenters. The predicted octanol–water partition coefficient (Wildman–Crippen LogP) is 5.08. The SMILES string of the molecule is COc1ccc2c(C(=O)c3ccc(/C=C/COCC(O)CS(=O)(=O)O)cc3)cn(CC(=O)N(CCC(C)C)CCC(C)C)c2c1. The number of ether oxygens (including phenoxy) is 2. The minimum absolute atomic E-state index is 0.0167. The number of aromatic nitrogens is 1. The molecule has 0 bridgehead atoms. The maximum absolute atomic E-state index is 13.7. The third-order valence-corrected chi connectivity index (χ3v) is 8.16. The fourth-order valence-corrected chi connectivity index (χ4v) is 5.38. The highest BCUT2D eigenvalue weighted by Gasteiger charge is 2.21. The van der Waals surface area contributed by atoms with Gasteiger partial charge in [0.25, 0.3) is 10.1 Å². The van der Waals surface area contributed by atoms with E-state index < -0.39 is 22.0 Å². The molecule has 1 heterocycles. The maximum atomic E-state index is 13.7. The largest absolute Gasteiger partial charge is 0.497 e. The molecule has 2 N–H and O–H groups in total. The summed E-state index contributed by atoms with van der Waals surface area (Å²) in [6.45, 7) is 9.99. The van der Waals surface area contributed by atoms with Crippen LogP contribution in [0.25, 0.3) is 17.0 Å². The monoisotopic (exact) mass is 642 g/mol. The Hall–Kier alpha value is -3.51. The fraction of sp³-hybridized carbons (Fsp3) is 0.471. The summed E-state index contributed by atoms with van der Waals surface area (Å²) in [4.78, 5) is 29.2. The Morgan fingerprint density at radius 1 is 1.00 bits per heavy atom. The molecule has 3 aromatic rings. The molecule has 0 aliphatic carbocycles. The molecule has 0 fully saturated rings. The van der Waals surface area contributed by atoms with Gasteiger partial charge in [0.15, 0.2) is 5.78 Å². The van der Waals surface area contributed by atoms with Gasteiger partial charge >= 0.3 is 0 Å². The molecule has 0 aliphatic rings. The van der Waals surface area contributed by atoms with Crippen LogP contribution in [0.15, 0.2) is 54.7 Å². The smallest absolute Gasteiger partial charge is 0.267 e. The van der Waals surface area contributed by atoms with E-state index in [-0.39, 0.29) is 31.4 Å². The van der Waals surface area contributed by atoms with Crippen molar-refractivity contribution in [1.82, 2.24) is 9.47 Å². The van der Waals surface area contributed by atoms with E-state index in [1.165, 1.54) is 0 Å². The molecule has 246 valence electrons. The van der Waals surface area contributed by atoms with Crippen molar-refractivity contribution in [3.63, 3.8) is 0 Å². The molecule has 1 aromatic heterocycles. The van der Waals surface area contributed by atoms with E-state index >= 15 is 0 Å². The Bertz CT molecular complexity index is 1550. The first-order valence-electron chi connectivity index (χ1n) is 15.2. The van der Waals surface area contributed by atoms with Crippen molar-refractivity contribution in [2.75, 3.05) is 39.2 Å². The number of carbonyl (C=O) groups is 2. The molecule has 0 radical (unpaired) electrons. The molecule has 0 saturated carbocycles. The number of fused-ring (bicyclic) bond motifs is 1. The van der Waals surface area contributed by atoms with Crippen LogP contribution in [-0.4, -0.2) is 84.5 Å². The van der Waals surface area contributed by atoms with Crippen LogP contribution in [-0.2, 0) is 26.2 Å². The van der Waals surface area contributed by atoms with Crippen molar-refractivity contribution in [3.8, 4) is 5.75 Å². The summed E-state index contributed by atoms with van der Waals surface area (Å²) < 4.78 is 42.9. The van der Waals surface area contributed by atoms with Gasteiger partial charge in [-0.05, 0) is 42.4 Å². The molecule has 10 nitrogen and oxygen atoms in total. The van der Waals surface area contributed by atoms with E-state index in [2.05, 4.69) is 27.7 Å². The Morgan fingerprint density at radius 3 is 2.22 bits per heavy atom.